The van der Waals surface area contributed by atoms with Crippen molar-refractivity contribution in [3.8, 4) is 0 Å². The number of benzene rings is 3. The molecule has 2 heterocycles. The summed E-state index contributed by atoms with van der Waals surface area (Å²) < 4.78 is 42.5. The van der Waals surface area contributed by atoms with Gasteiger partial charge in [0.2, 0.25) is 0 Å². The Bertz CT molecular complexity index is 1370. The lowest BCUT2D eigenvalue weighted by Gasteiger charge is -2.34. The van der Waals surface area contributed by atoms with Crippen molar-refractivity contribution in [3.05, 3.63) is 94.6 Å². The molecular formula is C26H22ClF3N4O. The summed E-state index contributed by atoms with van der Waals surface area (Å²) in [7, 11) is 0. The van der Waals surface area contributed by atoms with Gasteiger partial charge in [-0.3, -0.25) is 4.79 Å². The van der Waals surface area contributed by atoms with Crippen molar-refractivity contribution in [3.63, 3.8) is 0 Å². The van der Waals surface area contributed by atoms with E-state index < -0.39 is 24.2 Å². The Morgan fingerprint density at radius 3 is 2.57 bits per heavy atom. The second-order valence-corrected chi connectivity index (χ2v) is 9.02. The van der Waals surface area contributed by atoms with Gasteiger partial charge in [-0.05, 0) is 40.5 Å². The third-order valence-corrected chi connectivity index (χ3v) is 6.52. The van der Waals surface area contributed by atoms with E-state index in [2.05, 4.69) is 21.8 Å². The lowest BCUT2D eigenvalue weighted by atomic mass is 9.96. The molecule has 0 fully saturated rings. The zero-order chi connectivity index (χ0) is 24.6. The molecule has 0 saturated carbocycles. The van der Waals surface area contributed by atoms with Crippen LogP contribution in [0.3, 0.4) is 0 Å². The van der Waals surface area contributed by atoms with E-state index in [9.17, 15) is 18.0 Å². The van der Waals surface area contributed by atoms with E-state index in [0.717, 1.165) is 21.0 Å². The quantitative estimate of drug-likeness (QED) is 0.338. The number of hydrogen-bond acceptors (Lipinski definition) is 3. The van der Waals surface area contributed by atoms with Gasteiger partial charge in [0, 0.05) is 18.0 Å². The Hall–Kier alpha value is -3.52. The van der Waals surface area contributed by atoms with E-state index in [-0.39, 0.29) is 17.8 Å². The number of fused-ring (bicyclic) bond motifs is 2. The molecule has 2 atom stereocenters. The third-order valence-electron chi connectivity index (χ3n) is 6.27. The van der Waals surface area contributed by atoms with Gasteiger partial charge in [0.1, 0.15) is 11.4 Å². The molecule has 4 aromatic rings. The smallest absolute Gasteiger partial charge is 0.363 e. The molecule has 0 aliphatic carbocycles. The predicted octanol–water partition coefficient (Wildman–Crippen LogP) is 6.32. The summed E-state index contributed by atoms with van der Waals surface area (Å²) in [4.78, 5) is 12.9. The minimum absolute atomic E-state index is 0.0572. The summed E-state index contributed by atoms with van der Waals surface area (Å²) in [5.74, 6) is -0.418. The van der Waals surface area contributed by atoms with Gasteiger partial charge in [0.05, 0.1) is 12.2 Å². The molecule has 2 unspecified atom stereocenters. The van der Waals surface area contributed by atoms with Crippen LogP contribution in [0, 0.1) is 0 Å². The van der Waals surface area contributed by atoms with Crippen LogP contribution in [-0.2, 0) is 6.42 Å². The summed E-state index contributed by atoms with van der Waals surface area (Å²) in [6.45, 7) is 0.338. The Balaban J connectivity index is 1.33. The first-order valence-electron chi connectivity index (χ1n) is 11.2. The number of alkyl halides is 3. The van der Waals surface area contributed by atoms with Crippen molar-refractivity contribution in [2.45, 2.75) is 31.1 Å². The number of halogens is 4. The van der Waals surface area contributed by atoms with Crippen molar-refractivity contribution < 1.29 is 18.0 Å². The van der Waals surface area contributed by atoms with Crippen LogP contribution >= 0.6 is 11.6 Å². The number of carbonyl (C=O) groups is 1. The second-order valence-electron chi connectivity index (χ2n) is 8.58. The van der Waals surface area contributed by atoms with Crippen LogP contribution in [0.1, 0.15) is 40.0 Å². The van der Waals surface area contributed by atoms with Crippen molar-refractivity contribution in [1.29, 1.82) is 0 Å². The van der Waals surface area contributed by atoms with Gasteiger partial charge in [-0.25, -0.2) is 4.68 Å². The summed E-state index contributed by atoms with van der Waals surface area (Å²) in [6.07, 6.45) is -2.98. The highest BCUT2D eigenvalue weighted by molar-refractivity contribution is 6.30. The topological polar surface area (TPSA) is 59.0 Å². The Morgan fingerprint density at radius 1 is 1.09 bits per heavy atom. The Kier molecular flexibility index (Phi) is 6.15. The lowest BCUT2D eigenvalue weighted by molar-refractivity contribution is -0.173. The monoisotopic (exact) mass is 498 g/mol. The molecule has 9 heteroatoms. The van der Waals surface area contributed by atoms with Gasteiger partial charge >= 0.3 is 6.18 Å². The number of hydrogen-bond donors (Lipinski definition) is 2. The molecule has 0 radical (unpaired) electrons. The van der Waals surface area contributed by atoms with Crippen LogP contribution in [0.2, 0.25) is 5.02 Å². The highest BCUT2D eigenvalue weighted by Crippen LogP contribution is 2.44. The van der Waals surface area contributed by atoms with Crippen LogP contribution in [0.5, 0.6) is 0 Å². The van der Waals surface area contributed by atoms with Crippen LogP contribution in [-0.4, -0.2) is 28.4 Å². The number of nitrogens with zero attached hydrogens (tertiary/aromatic N) is 2. The van der Waals surface area contributed by atoms with Gasteiger partial charge in [-0.15, -0.1) is 0 Å². The molecule has 2 N–H and O–H groups in total. The summed E-state index contributed by atoms with van der Waals surface area (Å²) in [5, 5.41) is 12.6. The first-order chi connectivity index (χ1) is 16.8. The Labute approximate surface area is 204 Å². The standard InChI is InChI=1S/C26H22ClF3N4O/c27-20-9-7-18(8-10-20)22-14-23(26(28,29)30)34-24(33-22)21(15-32-34)25(35)31-12-11-16-5-6-17-3-1-2-4-19(17)13-16/h1-10,13,15,22-23,33H,11-12,14H2,(H,31,35). The Morgan fingerprint density at radius 2 is 1.83 bits per heavy atom. The molecule has 1 aromatic heterocycles. The molecule has 35 heavy (non-hydrogen) atoms. The number of aromatic nitrogens is 2. The summed E-state index contributed by atoms with van der Waals surface area (Å²) >= 11 is 5.94. The van der Waals surface area contributed by atoms with Gasteiger partial charge < -0.3 is 10.6 Å². The molecule has 1 aliphatic heterocycles. The van der Waals surface area contributed by atoms with E-state index >= 15 is 0 Å². The van der Waals surface area contributed by atoms with Crippen LogP contribution in [0.25, 0.3) is 10.8 Å². The van der Waals surface area contributed by atoms with Crippen molar-refractivity contribution in [2.24, 2.45) is 0 Å². The second kappa shape index (κ2) is 9.26. The molecule has 0 bridgehead atoms. The largest absolute Gasteiger partial charge is 0.410 e. The van der Waals surface area contributed by atoms with Gasteiger partial charge in [0.25, 0.3) is 5.91 Å². The average molecular weight is 499 g/mol. The van der Waals surface area contributed by atoms with Crippen molar-refractivity contribution >= 4 is 34.1 Å². The van der Waals surface area contributed by atoms with Crippen LogP contribution in [0.4, 0.5) is 19.0 Å². The minimum atomic E-state index is -4.52. The fraction of sp³-hybridized carbons (Fsp3) is 0.231. The lowest BCUT2D eigenvalue weighted by Crippen LogP contribution is -2.36. The van der Waals surface area contributed by atoms with Crippen LogP contribution in [0.15, 0.2) is 72.9 Å². The van der Waals surface area contributed by atoms with E-state index in [1.54, 1.807) is 24.3 Å². The summed E-state index contributed by atoms with van der Waals surface area (Å²) in [5.41, 5.74) is 1.79. The number of anilines is 1. The maximum Gasteiger partial charge on any atom is 0.410 e. The zero-order valence-electron chi connectivity index (χ0n) is 18.5. The molecule has 180 valence electrons. The summed E-state index contributed by atoms with van der Waals surface area (Å²) in [6, 6.07) is 18.2. The van der Waals surface area contributed by atoms with E-state index in [0.29, 0.717) is 23.6 Å². The fourth-order valence-electron chi connectivity index (χ4n) is 4.45. The SMILES string of the molecule is O=C(NCCc1ccc2ccccc2c1)c1cnn2c1NC(c1ccc(Cl)cc1)CC2C(F)(F)F. The van der Waals surface area contributed by atoms with E-state index in [1.165, 1.54) is 6.20 Å². The molecule has 5 nitrogen and oxygen atoms in total. The molecule has 1 amide bonds. The maximum absolute atomic E-state index is 13.9. The van der Waals surface area contributed by atoms with E-state index in [4.69, 9.17) is 11.6 Å². The molecular weight excluding hydrogens is 477 g/mol. The molecule has 0 spiro atoms. The molecule has 5 rings (SSSR count). The van der Waals surface area contributed by atoms with Crippen LogP contribution < -0.4 is 10.6 Å². The number of carbonyl (C=O) groups excluding carboxylic acids is 1. The van der Waals surface area contributed by atoms with Crippen molar-refractivity contribution in [1.82, 2.24) is 15.1 Å². The minimum Gasteiger partial charge on any atom is -0.363 e. The number of amides is 1. The third kappa shape index (κ3) is 4.84. The fourth-order valence-corrected chi connectivity index (χ4v) is 4.58. The number of nitrogens with one attached hydrogen (secondary N) is 2. The molecule has 1 aliphatic rings. The highest BCUT2D eigenvalue weighted by atomic mass is 35.5. The average Bonchev–Trinajstić information content (AvgIpc) is 3.27. The van der Waals surface area contributed by atoms with Gasteiger partial charge in [-0.1, -0.05) is 66.2 Å². The highest BCUT2D eigenvalue weighted by Gasteiger charge is 2.47. The van der Waals surface area contributed by atoms with E-state index in [1.807, 2.05) is 36.4 Å². The van der Waals surface area contributed by atoms with Gasteiger partial charge in [0.15, 0.2) is 6.04 Å². The zero-order valence-corrected chi connectivity index (χ0v) is 19.3. The normalized spacial score (nSPS) is 17.6. The van der Waals surface area contributed by atoms with Gasteiger partial charge in [-0.2, -0.15) is 18.3 Å². The number of rotatable bonds is 5. The maximum atomic E-state index is 13.9. The first-order valence-corrected chi connectivity index (χ1v) is 11.6. The molecule has 3 aromatic carbocycles. The first kappa shape index (κ1) is 23.2. The predicted molar refractivity (Wildman–Crippen MR) is 130 cm³/mol. The van der Waals surface area contributed by atoms with Crippen molar-refractivity contribution in [2.75, 3.05) is 11.9 Å². The molecule has 0 saturated heterocycles.